The highest BCUT2D eigenvalue weighted by Gasteiger charge is 2.09. The predicted molar refractivity (Wildman–Crippen MR) is 86.3 cm³/mol. The van der Waals surface area contributed by atoms with E-state index in [-0.39, 0.29) is 6.04 Å². The maximum Gasteiger partial charge on any atom is 0.0420 e. The van der Waals surface area contributed by atoms with Gasteiger partial charge < -0.3 is 0 Å². The average molecular weight is 334 g/mol. The van der Waals surface area contributed by atoms with Crippen LogP contribution in [-0.2, 0) is 12.8 Å². The van der Waals surface area contributed by atoms with E-state index in [1.165, 1.54) is 11.1 Å². The minimum Gasteiger partial charge on any atom is -0.271 e. The number of hydrogen-bond acceptors (Lipinski definition) is 3. The molecule has 4 heteroatoms. The summed E-state index contributed by atoms with van der Waals surface area (Å²) >= 11 is 3.39. The molecule has 0 aliphatic rings. The predicted octanol–water partition coefficient (Wildman–Crippen LogP) is 3.16. The van der Waals surface area contributed by atoms with Gasteiger partial charge in [0.2, 0.25) is 0 Å². The topological polar surface area (TPSA) is 50.9 Å². The van der Waals surface area contributed by atoms with Gasteiger partial charge in [-0.1, -0.05) is 29.8 Å². The minimum absolute atomic E-state index is 0.241. The van der Waals surface area contributed by atoms with Crippen LogP contribution < -0.4 is 11.3 Å². The number of aromatic nitrogens is 1. The second-order valence-electron chi connectivity index (χ2n) is 5.06. The van der Waals surface area contributed by atoms with Crippen molar-refractivity contribution in [2.45, 2.75) is 32.2 Å². The zero-order valence-electron chi connectivity index (χ0n) is 11.6. The van der Waals surface area contributed by atoms with Gasteiger partial charge in [-0.05, 0) is 53.4 Å². The molecular weight excluding hydrogens is 314 g/mol. The van der Waals surface area contributed by atoms with Crippen LogP contribution in [0.15, 0.2) is 47.1 Å². The van der Waals surface area contributed by atoms with Gasteiger partial charge in [-0.2, -0.15) is 0 Å². The van der Waals surface area contributed by atoms with E-state index in [0.717, 1.165) is 29.4 Å². The number of hydrogen-bond donors (Lipinski definition) is 2. The van der Waals surface area contributed by atoms with Crippen LogP contribution in [-0.4, -0.2) is 11.0 Å². The molecule has 1 atom stereocenters. The van der Waals surface area contributed by atoms with E-state index in [9.17, 15) is 0 Å². The third kappa shape index (κ3) is 4.71. The van der Waals surface area contributed by atoms with Gasteiger partial charge in [0.05, 0.1) is 0 Å². The van der Waals surface area contributed by atoms with Gasteiger partial charge >= 0.3 is 0 Å². The Labute approximate surface area is 128 Å². The number of nitrogens with one attached hydrogen (secondary N) is 1. The zero-order valence-corrected chi connectivity index (χ0v) is 13.2. The van der Waals surface area contributed by atoms with Gasteiger partial charge in [-0.3, -0.25) is 16.3 Å². The van der Waals surface area contributed by atoms with E-state index in [1.807, 2.05) is 18.3 Å². The molecule has 1 aromatic carbocycles. The van der Waals surface area contributed by atoms with E-state index in [1.54, 1.807) is 0 Å². The molecule has 0 aliphatic heterocycles. The number of nitrogens with two attached hydrogens (primary N) is 1. The molecule has 0 bridgehead atoms. The Balaban J connectivity index is 1.88. The van der Waals surface area contributed by atoms with Crippen molar-refractivity contribution in [3.63, 3.8) is 0 Å². The third-order valence-corrected chi connectivity index (χ3v) is 3.85. The molecule has 20 heavy (non-hydrogen) atoms. The summed E-state index contributed by atoms with van der Waals surface area (Å²) in [5.41, 5.74) is 6.59. The first-order chi connectivity index (χ1) is 9.67. The highest BCUT2D eigenvalue weighted by Crippen LogP contribution is 2.12. The first kappa shape index (κ1) is 15.2. The monoisotopic (exact) mass is 333 g/mol. The van der Waals surface area contributed by atoms with Crippen molar-refractivity contribution in [2.75, 3.05) is 0 Å². The van der Waals surface area contributed by atoms with Gasteiger partial charge in [-0.15, -0.1) is 0 Å². The maximum absolute atomic E-state index is 5.65. The summed E-state index contributed by atoms with van der Waals surface area (Å²) in [5.74, 6) is 5.65. The second-order valence-corrected chi connectivity index (χ2v) is 5.98. The van der Waals surface area contributed by atoms with Gasteiger partial charge in [0.1, 0.15) is 0 Å². The smallest absolute Gasteiger partial charge is 0.0420 e. The molecule has 0 spiro atoms. The first-order valence-electron chi connectivity index (χ1n) is 6.79. The lowest BCUT2D eigenvalue weighted by atomic mass is 10.0. The van der Waals surface area contributed by atoms with Crippen molar-refractivity contribution in [3.8, 4) is 0 Å². The SMILES string of the molecule is Cc1ccc(CCC(Cc2ccc(Br)cn2)NN)cc1. The highest BCUT2D eigenvalue weighted by atomic mass is 79.9. The summed E-state index contributed by atoms with van der Waals surface area (Å²) in [4.78, 5) is 4.39. The third-order valence-electron chi connectivity index (χ3n) is 3.38. The van der Waals surface area contributed by atoms with Crippen molar-refractivity contribution in [1.29, 1.82) is 0 Å². The molecule has 1 heterocycles. The molecule has 0 saturated heterocycles. The lowest BCUT2D eigenvalue weighted by molar-refractivity contribution is 0.487. The Morgan fingerprint density at radius 1 is 1.20 bits per heavy atom. The molecule has 0 fully saturated rings. The Hall–Kier alpha value is -1.23. The van der Waals surface area contributed by atoms with Crippen molar-refractivity contribution in [2.24, 2.45) is 5.84 Å². The minimum atomic E-state index is 0.241. The quantitative estimate of drug-likeness (QED) is 0.630. The van der Waals surface area contributed by atoms with Crippen LogP contribution in [0.4, 0.5) is 0 Å². The van der Waals surface area contributed by atoms with Crippen LogP contribution in [0.5, 0.6) is 0 Å². The van der Waals surface area contributed by atoms with E-state index < -0.39 is 0 Å². The Bertz CT molecular complexity index is 522. The Morgan fingerprint density at radius 2 is 1.95 bits per heavy atom. The summed E-state index contributed by atoms with van der Waals surface area (Å²) in [6, 6.07) is 12.9. The van der Waals surface area contributed by atoms with Gasteiger partial charge in [0.25, 0.3) is 0 Å². The summed E-state index contributed by atoms with van der Waals surface area (Å²) in [5, 5.41) is 0. The van der Waals surface area contributed by atoms with E-state index >= 15 is 0 Å². The lowest BCUT2D eigenvalue weighted by Gasteiger charge is -2.15. The standard InChI is InChI=1S/C16H20BrN3/c1-12-2-4-13(5-3-12)6-8-16(20-18)10-15-9-7-14(17)11-19-15/h2-5,7,9,11,16,20H,6,8,10,18H2,1H3. The molecule has 0 radical (unpaired) electrons. The van der Waals surface area contributed by atoms with Crippen LogP contribution in [0.1, 0.15) is 23.2 Å². The Kier molecular flexibility index (Phi) is 5.71. The van der Waals surface area contributed by atoms with Crippen molar-refractivity contribution >= 4 is 15.9 Å². The van der Waals surface area contributed by atoms with Crippen LogP contribution >= 0.6 is 15.9 Å². The molecule has 2 rings (SSSR count). The lowest BCUT2D eigenvalue weighted by Crippen LogP contribution is -2.37. The van der Waals surface area contributed by atoms with Gasteiger partial charge in [-0.25, -0.2) is 0 Å². The fourth-order valence-corrected chi connectivity index (χ4v) is 2.35. The largest absolute Gasteiger partial charge is 0.271 e. The van der Waals surface area contributed by atoms with Crippen LogP contribution in [0.25, 0.3) is 0 Å². The van der Waals surface area contributed by atoms with Gasteiger partial charge in [0.15, 0.2) is 0 Å². The summed E-state index contributed by atoms with van der Waals surface area (Å²) in [6.45, 7) is 2.10. The average Bonchev–Trinajstić information content (AvgIpc) is 2.47. The summed E-state index contributed by atoms with van der Waals surface area (Å²) < 4.78 is 0.998. The molecule has 3 nitrogen and oxygen atoms in total. The van der Waals surface area contributed by atoms with Gasteiger partial charge in [0, 0.05) is 28.8 Å². The molecule has 0 saturated carbocycles. The molecule has 1 aromatic heterocycles. The fraction of sp³-hybridized carbons (Fsp3) is 0.312. The molecule has 0 amide bonds. The van der Waals surface area contributed by atoms with Crippen molar-refractivity contribution in [1.82, 2.24) is 10.4 Å². The second kappa shape index (κ2) is 7.53. The van der Waals surface area contributed by atoms with Crippen LogP contribution in [0, 0.1) is 6.92 Å². The van der Waals surface area contributed by atoms with E-state index in [0.29, 0.717) is 0 Å². The molecule has 1 unspecified atom stereocenters. The highest BCUT2D eigenvalue weighted by molar-refractivity contribution is 9.10. The zero-order chi connectivity index (χ0) is 14.4. The molecule has 0 aliphatic carbocycles. The number of rotatable bonds is 6. The van der Waals surface area contributed by atoms with E-state index in [2.05, 4.69) is 57.5 Å². The number of benzene rings is 1. The van der Waals surface area contributed by atoms with E-state index in [4.69, 9.17) is 5.84 Å². The summed E-state index contributed by atoms with van der Waals surface area (Å²) in [6.07, 6.45) is 4.68. The Morgan fingerprint density at radius 3 is 2.55 bits per heavy atom. The summed E-state index contributed by atoms with van der Waals surface area (Å²) in [7, 11) is 0. The molecule has 3 N–H and O–H groups in total. The number of pyridine rings is 1. The number of halogens is 1. The van der Waals surface area contributed by atoms with Crippen molar-refractivity contribution in [3.05, 3.63) is 63.9 Å². The van der Waals surface area contributed by atoms with Crippen molar-refractivity contribution < 1.29 is 0 Å². The fourth-order valence-electron chi connectivity index (χ4n) is 2.12. The number of nitrogens with zero attached hydrogens (tertiary/aromatic N) is 1. The molecular formula is C16H20BrN3. The van der Waals surface area contributed by atoms with Crippen LogP contribution in [0.2, 0.25) is 0 Å². The first-order valence-corrected chi connectivity index (χ1v) is 7.59. The van der Waals surface area contributed by atoms with Crippen LogP contribution in [0.3, 0.4) is 0 Å². The molecule has 106 valence electrons. The maximum atomic E-state index is 5.65. The normalized spacial score (nSPS) is 12.3. The number of aryl methyl sites for hydroxylation is 2. The molecule has 2 aromatic rings. The number of hydrazine groups is 1.